The molecule has 0 radical (unpaired) electrons. The van der Waals surface area contributed by atoms with E-state index in [4.69, 9.17) is 17.3 Å². The molecule has 1 aromatic carbocycles. The first-order valence-corrected chi connectivity index (χ1v) is 6.41. The van der Waals surface area contributed by atoms with Crippen molar-refractivity contribution in [2.75, 3.05) is 19.6 Å². The zero-order valence-corrected chi connectivity index (χ0v) is 11.2. The van der Waals surface area contributed by atoms with Crippen LogP contribution < -0.4 is 5.73 Å². The number of nitrogens with two attached hydrogens (primary N) is 1. The minimum Gasteiger partial charge on any atom is -0.329 e. The third-order valence-corrected chi connectivity index (χ3v) is 3.21. The van der Waals surface area contributed by atoms with Crippen molar-refractivity contribution >= 4 is 11.6 Å². The van der Waals surface area contributed by atoms with Crippen LogP contribution in [0.5, 0.6) is 0 Å². The second-order valence-corrected chi connectivity index (χ2v) is 4.43. The molecule has 1 aromatic rings. The number of halogens is 2. The average Bonchev–Trinajstić information content (AvgIpc) is 2.34. The molecule has 0 heterocycles. The first kappa shape index (κ1) is 14.4. The number of nitrogens with zero attached hydrogens (tertiary/aromatic N) is 1. The van der Waals surface area contributed by atoms with Gasteiger partial charge >= 0.3 is 0 Å². The lowest BCUT2D eigenvalue weighted by molar-refractivity contribution is 0.208. The maximum Gasteiger partial charge on any atom is 0.146 e. The molecule has 4 heteroatoms. The molecular weight excluding hydrogens is 239 g/mol. The summed E-state index contributed by atoms with van der Waals surface area (Å²) >= 11 is 5.81. The summed E-state index contributed by atoms with van der Waals surface area (Å²) in [5.74, 6) is -0.348. The molecule has 1 unspecified atom stereocenters. The normalized spacial score (nSPS) is 13.1. The molecule has 0 aliphatic carbocycles. The molecule has 0 aliphatic rings. The molecular formula is C13H20ClFN2. The number of rotatable bonds is 6. The lowest BCUT2D eigenvalue weighted by Crippen LogP contribution is -2.34. The average molecular weight is 259 g/mol. The van der Waals surface area contributed by atoms with E-state index in [0.717, 1.165) is 19.5 Å². The highest BCUT2D eigenvalue weighted by molar-refractivity contribution is 6.30. The fourth-order valence-electron chi connectivity index (χ4n) is 2.07. The molecule has 2 N–H and O–H groups in total. The second-order valence-electron chi connectivity index (χ2n) is 4.02. The van der Waals surface area contributed by atoms with Crippen molar-refractivity contribution in [1.82, 2.24) is 4.90 Å². The van der Waals surface area contributed by atoms with E-state index in [-0.39, 0.29) is 16.9 Å². The highest BCUT2D eigenvalue weighted by atomic mass is 35.5. The first-order valence-electron chi connectivity index (χ1n) is 6.03. The fraction of sp³-hybridized carbons (Fsp3) is 0.538. The Hall–Kier alpha value is -0.640. The number of hydrogen-bond donors (Lipinski definition) is 1. The fourth-order valence-corrected chi connectivity index (χ4v) is 2.25. The van der Waals surface area contributed by atoms with Gasteiger partial charge in [0.15, 0.2) is 0 Å². The zero-order chi connectivity index (χ0) is 12.8. The monoisotopic (exact) mass is 258 g/mol. The van der Waals surface area contributed by atoms with Crippen molar-refractivity contribution < 1.29 is 4.39 Å². The van der Waals surface area contributed by atoms with Gasteiger partial charge in [-0.05, 0) is 25.6 Å². The predicted octanol–water partition coefficient (Wildman–Crippen LogP) is 3.21. The van der Waals surface area contributed by atoms with Gasteiger partial charge in [-0.15, -0.1) is 0 Å². The minimum absolute atomic E-state index is 0.0985. The molecule has 0 saturated heterocycles. The summed E-state index contributed by atoms with van der Waals surface area (Å²) < 4.78 is 14.0. The summed E-state index contributed by atoms with van der Waals surface area (Å²) in [5, 5.41) is 0.161. The summed E-state index contributed by atoms with van der Waals surface area (Å²) in [5.41, 5.74) is 6.37. The molecule has 1 atom stereocenters. The molecule has 0 spiro atoms. The van der Waals surface area contributed by atoms with Crippen LogP contribution in [-0.2, 0) is 0 Å². The van der Waals surface area contributed by atoms with Crippen LogP contribution in [0.1, 0.15) is 31.9 Å². The van der Waals surface area contributed by atoms with Crippen LogP contribution in [0, 0.1) is 5.82 Å². The van der Waals surface area contributed by atoms with Crippen molar-refractivity contribution in [1.29, 1.82) is 0 Å². The molecule has 0 amide bonds. The Labute approximate surface area is 108 Å². The maximum atomic E-state index is 14.0. The topological polar surface area (TPSA) is 29.3 Å². The highest BCUT2D eigenvalue weighted by Gasteiger charge is 2.21. The second kappa shape index (κ2) is 6.94. The molecule has 0 saturated carbocycles. The van der Waals surface area contributed by atoms with Gasteiger partial charge in [0.1, 0.15) is 5.82 Å². The third kappa shape index (κ3) is 3.41. The van der Waals surface area contributed by atoms with E-state index in [0.29, 0.717) is 12.1 Å². The van der Waals surface area contributed by atoms with E-state index in [1.54, 1.807) is 18.2 Å². The summed E-state index contributed by atoms with van der Waals surface area (Å²) in [4.78, 5) is 2.18. The number of likely N-dealkylation sites (N-methyl/N-ethyl adjacent to an activating group) is 1. The molecule has 0 bridgehead atoms. The van der Waals surface area contributed by atoms with Crippen LogP contribution in [0.25, 0.3) is 0 Å². The van der Waals surface area contributed by atoms with Gasteiger partial charge in [-0.25, -0.2) is 4.39 Å². The van der Waals surface area contributed by atoms with Gasteiger partial charge in [0, 0.05) is 18.2 Å². The summed E-state index contributed by atoms with van der Waals surface area (Å²) in [6.07, 6.45) is 1.02. The smallest absolute Gasteiger partial charge is 0.146 e. The van der Waals surface area contributed by atoms with Gasteiger partial charge in [0.2, 0.25) is 0 Å². The zero-order valence-electron chi connectivity index (χ0n) is 10.4. The van der Waals surface area contributed by atoms with Gasteiger partial charge < -0.3 is 5.73 Å². The molecule has 1 rings (SSSR count). The van der Waals surface area contributed by atoms with Crippen molar-refractivity contribution in [3.8, 4) is 0 Å². The maximum absolute atomic E-state index is 14.0. The van der Waals surface area contributed by atoms with Gasteiger partial charge in [-0.3, -0.25) is 4.90 Å². The molecule has 0 fully saturated rings. The third-order valence-electron chi connectivity index (χ3n) is 2.92. The minimum atomic E-state index is -0.348. The number of benzene rings is 1. The van der Waals surface area contributed by atoms with Crippen LogP contribution in [0.4, 0.5) is 4.39 Å². The van der Waals surface area contributed by atoms with Crippen molar-refractivity contribution in [2.24, 2.45) is 5.73 Å². The lowest BCUT2D eigenvalue weighted by Gasteiger charge is -2.30. The van der Waals surface area contributed by atoms with Crippen LogP contribution in [-0.4, -0.2) is 24.5 Å². The van der Waals surface area contributed by atoms with E-state index in [9.17, 15) is 4.39 Å². The van der Waals surface area contributed by atoms with Gasteiger partial charge in [0.05, 0.1) is 5.02 Å². The van der Waals surface area contributed by atoms with Crippen molar-refractivity contribution in [2.45, 2.75) is 26.3 Å². The van der Waals surface area contributed by atoms with E-state index in [2.05, 4.69) is 18.7 Å². The van der Waals surface area contributed by atoms with E-state index < -0.39 is 0 Å². The predicted molar refractivity (Wildman–Crippen MR) is 70.7 cm³/mol. The van der Waals surface area contributed by atoms with Crippen LogP contribution >= 0.6 is 11.6 Å². The summed E-state index contributed by atoms with van der Waals surface area (Å²) in [6, 6.07) is 4.99. The van der Waals surface area contributed by atoms with Crippen LogP contribution in [0.2, 0.25) is 5.02 Å². The largest absolute Gasteiger partial charge is 0.329 e. The van der Waals surface area contributed by atoms with Gasteiger partial charge in [0.25, 0.3) is 0 Å². The van der Waals surface area contributed by atoms with E-state index in [1.807, 2.05) is 0 Å². The van der Waals surface area contributed by atoms with Crippen molar-refractivity contribution in [3.63, 3.8) is 0 Å². The lowest BCUT2D eigenvalue weighted by atomic mass is 10.0. The first-order chi connectivity index (χ1) is 8.15. The Morgan fingerprint density at radius 1 is 1.41 bits per heavy atom. The Bertz CT molecular complexity index is 357. The molecule has 0 aromatic heterocycles. The molecule has 2 nitrogen and oxygen atoms in total. The summed E-state index contributed by atoms with van der Waals surface area (Å²) in [6.45, 7) is 6.31. The molecule has 0 aliphatic heterocycles. The Morgan fingerprint density at radius 3 is 2.65 bits per heavy atom. The van der Waals surface area contributed by atoms with E-state index in [1.165, 1.54) is 0 Å². The quantitative estimate of drug-likeness (QED) is 0.849. The Balaban J connectivity index is 3.03. The SMILES string of the molecule is CCCN(CC)C(CN)c1cccc(Cl)c1F. The van der Waals surface area contributed by atoms with Crippen LogP contribution in [0.15, 0.2) is 18.2 Å². The van der Waals surface area contributed by atoms with Gasteiger partial charge in [-0.2, -0.15) is 0 Å². The standard InChI is InChI=1S/C13H20ClFN2/c1-3-8-17(4-2)12(9-16)10-6-5-7-11(14)13(10)15/h5-7,12H,3-4,8-9,16H2,1-2H3. The molecule has 17 heavy (non-hydrogen) atoms. The summed E-state index contributed by atoms with van der Waals surface area (Å²) in [7, 11) is 0. The number of hydrogen-bond acceptors (Lipinski definition) is 2. The highest BCUT2D eigenvalue weighted by Crippen LogP contribution is 2.26. The van der Waals surface area contributed by atoms with Crippen molar-refractivity contribution in [3.05, 3.63) is 34.6 Å². The van der Waals surface area contributed by atoms with E-state index >= 15 is 0 Å². The van der Waals surface area contributed by atoms with Gasteiger partial charge in [-0.1, -0.05) is 37.6 Å². The Kier molecular flexibility index (Phi) is 5.89. The molecule has 96 valence electrons. The Morgan fingerprint density at radius 2 is 2.12 bits per heavy atom. The van der Waals surface area contributed by atoms with Crippen LogP contribution in [0.3, 0.4) is 0 Å².